The SMILES string of the molecule is CCOC(=O)C(C)OS(=O)(=O)C(CC)S(=O)(=O)OC(C)C(=O)OCC. The lowest BCUT2D eigenvalue weighted by Crippen LogP contribution is -2.39. The topological polar surface area (TPSA) is 139 Å². The molecular weight excluding hydrogens is 380 g/mol. The van der Waals surface area contributed by atoms with Crippen LogP contribution >= 0.6 is 0 Å². The Hall–Kier alpha value is -1.24. The molecule has 10 nitrogen and oxygen atoms in total. The molecule has 2 atom stereocenters. The molecule has 12 heteroatoms. The van der Waals surface area contributed by atoms with Crippen LogP contribution in [0.2, 0.25) is 0 Å². The Bertz CT molecular complexity index is 596. The van der Waals surface area contributed by atoms with Gasteiger partial charge in [0.25, 0.3) is 20.2 Å². The fourth-order valence-electron chi connectivity index (χ4n) is 1.68. The van der Waals surface area contributed by atoms with E-state index in [1.807, 2.05) is 0 Å². The van der Waals surface area contributed by atoms with Crippen molar-refractivity contribution in [3.05, 3.63) is 0 Å². The van der Waals surface area contributed by atoms with Crippen molar-refractivity contribution in [2.24, 2.45) is 0 Å². The number of ether oxygens (including phenoxy) is 2. The van der Waals surface area contributed by atoms with Crippen molar-refractivity contribution in [3.8, 4) is 0 Å². The largest absolute Gasteiger partial charge is 0.464 e. The Balaban J connectivity index is 5.32. The number of rotatable bonds is 11. The Labute approximate surface area is 148 Å². The van der Waals surface area contributed by atoms with Gasteiger partial charge in [0.1, 0.15) is 0 Å². The van der Waals surface area contributed by atoms with Crippen molar-refractivity contribution in [3.63, 3.8) is 0 Å². The molecule has 0 aliphatic carbocycles. The maximum atomic E-state index is 12.2. The minimum atomic E-state index is -4.74. The van der Waals surface area contributed by atoms with Gasteiger partial charge in [-0.25, -0.2) is 9.59 Å². The van der Waals surface area contributed by atoms with Gasteiger partial charge >= 0.3 is 11.9 Å². The molecule has 0 aromatic rings. The predicted octanol–water partition coefficient (Wildman–Crippen LogP) is 0.319. The fourth-order valence-corrected chi connectivity index (χ4v) is 5.13. The second kappa shape index (κ2) is 10.0. The zero-order valence-electron chi connectivity index (χ0n) is 14.8. The molecule has 0 heterocycles. The third-order valence-corrected chi connectivity index (χ3v) is 7.25. The van der Waals surface area contributed by atoms with Gasteiger partial charge in [-0.15, -0.1) is 0 Å². The molecule has 0 radical (unpaired) electrons. The standard InChI is InChI=1S/C13H24O10S2/c1-6-11(24(16,17)22-9(4)12(14)20-7-2)25(18,19)23-10(5)13(15)21-8-3/h9-11H,6-8H2,1-5H3. The summed E-state index contributed by atoms with van der Waals surface area (Å²) >= 11 is 0. The Morgan fingerprint density at radius 1 is 0.760 bits per heavy atom. The average molecular weight is 404 g/mol. The van der Waals surface area contributed by atoms with Crippen LogP contribution in [0.25, 0.3) is 0 Å². The number of hydrogen-bond donors (Lipinski definition) is 0. The summed E-state index contributed by atoms with van der Waals surface area (Å²) in [7, 11) is -9.48. The number of hydrogen-bond acceptors (Lipinski definition) is 10. The lowest BCUT2D eigenvalue weighted by atomic mass is 10.4. The minimum absolute atomic E-state index is 0.00223. The summed E-state index contributed by atoms with van der Waals surface area (Å²) in [6, 6.07) is 0. The van der Waals surface area contributed by atoms with Gasteiger partial charge in [0.05, 0.1) is 13.2 Å². The van der Waals surface area contributed by atoms with Gasteiger partial charge in [-0.3, -0.25) is 8.37 Å². The summed E-state index contributed by atoms with van der Waals surface area (Å²) in [6.45, 7) is 6.53. The van der Waals surface area contributed by atoms with Crippen molar-refractivity contribution in [2.75, 3.05) is 13.2 Å². The highest BCUT2D eigenvalue weighted by molar-refractivity contribution is 8.04. The van der Waals surface area contributed by atoms with Gasteiger partial charge in [-0.2, -0.15) is 16.8 Å². The molecule has 0 aromatic carbocycles. The van der Waals surface area contributed by atoms with Gasteiger partial charge in [-0.1, -0.05) is 6.92 Å². The van der Waals surface area contributed by atoms with E-state index in [-0.39, 0.29) is 13.2 Å². The highest BCUT2D eigenvalue weighted by atomic mass is 32.3. The molecule has 148 valence electrons. The van der Waals surface area contributed by atoms with Crippen molar-refractivity contribution in [1.29, 1.82) is 0 Å². The van der Waals surface area contributed by atoms with Crippen molar-refractivity contribution < 1.29 is 44.3 Å². The second-order valence-electron chi connectivity index (χ2n) is 4.80. The lowest BCUT2D eigenvalue weighted by Gasteiger charge is -2.20. The smallest absolute Gasteiger partial charge is 0.336 e. The van der Waals surface area contributed by atoms with Gasteiger partial charge in [0.2, 0.25) is 4.58 Å². The van der Waals surface area contributed by atoms with E-state index in [1.54, 1.807) is 0 Å². The normalized spacial score (nSPS) is 15.9. The number of esters is 2. The first-order chi connectivity index (χ1) is 11.4. The maximum absolute atomic E-state index is 12.2. The van der Waals surface area contributed by atoms with E-state index < -0.39 is 55.4 Å². The van der Waals surface area contributed by atoms with E-state index in [2.05, 4.69) is 17.8 Å². The zero-order chi connectivity index (χ0) is 19.8. The van der Waals surface area contributed by atoms with Crippen LogP contribution in [-0.4, -0.2) is 58.8 Å². The zero-order valence-corrected chi connectivity index (χ0v) is 16.4. The molecular formula is C13H24O10S2. The summed E-state index contributed by atoms with van der Waals surface area (Å²) in [5.41, 5.74) is 0. The van der Waals surface area contributed by atoms with Crippen LogP contribution in [0.4, 0.5) is 0 Å². The molecule has 0 N–H and O–H groups in total. The highest BCUT2D eigenvalue weighted by Gasteiger charge is 2.42. The van der Waals surface area contributed by atoms with Gasteiger partial charge < -0.3 is 9.47 Å². The molecule has 0 rings (SSSR count). The van der Waals surface area contributed by atoms with E-state index in [1.165, 1.54) is 20.8 Å². The predicted molar refractivity (Wildman–Crippen MR) is 86.3 cm³/mol. The summed E-state index contributed by atoms with van der Waals surface area (Å²) in [6.07, 6.45) is -3.48. The molecule has 0 spiro atoms. The Kier molecular flexibility index (Phi) is 9.54. The number of carbonyl (C=O) groups is 2. The summed E-state index contributed by atoms with van der Waals surface area (Å²) < 4.78 is 65.1. The first kappa shape index (κ1) is 23.8. The van der Waals surface area contributed by atoms with E-state index in [9.17, 15) is 26.4 Å². The van der Waals surface area contributed by atoms with Crippen molar-refractivity contribution >= 4 is 32.2 Å². The van der Waals surface area contributed by atoms with Crippen molar-refractivity contribution in [1.82, 2.24) is 0 Å². The molecule has 0 fully saturated rings. The minimum Gasteiger partial charge on any atom is -0.464 e. The maximum Gasteiger partial charge on any atom is 0.336 e. The summed E-state index contributed by atoms with van der Waals surface area (Å²) in [4.78, 5) is 22.9. The Morgan fingerprint density at radius 3 is 1.32 bits per heavy atom. The van der Waals surface area contributed by atoms with E-state index in [4.69, 9.17) is 0 Å². The fraction of sp³-hybridized carbons (Fsp3) is 0.846. The monoisotopic (exact) mass is 404 g/mol. The lowest BCUT2D eigenvalue weighted by molar-refractivity contribution is -0.150. The molecule has 2 unspecified atom stereocenters. The summed E-state index contributed by atoms with van der Waals surface area (Å²) in [5.74, 6) is -1.92. The average Bonchev–Trinajstić information content (AvgIpc) is 2.46. The first-order valence-electron chi connectivity index (χ1n) is 7.60. The van der Waals surface area contributed by atoms with Crippen LogP contribution in [0.5, 0.6) is 0 Å². The molecule has 0 aromatic heterocycles. The van der Waals surface area contributed by atoms with E-state index in [0.717, 1.165) is 13.8 Å². The van der Waals surface area contributed by atoms with E-state index >= 15 is 0 Å². The number of carbonyl (C=O) groups excluding carboxylic acids is 2. The quantitative estimate of drug-likeness (QED) is 0.349. The highest BCUT2D eigenvalue weighted by Crippen LogP contribution is 2.21. The molecule has 0 aliphatic rings. The first-order valence-corrected chi connectivity index (χ1v) is 10.5. The molecule has 0 bridgehead atoms. The van der Waals surface area contributed by atoms with Crippen LogP contribution in [0.1, 0.15) is 41.0 Å². The second-order valence-corrected chi connectivity index (χ2v) is 8.60. The van der Waals surface area contributed by atoms with Crippen LogP contribution in [0.15, 0.2) is 0 Å². The van der Waals surface area contributed by atoms with Gasteiger partial charge in [0.15, 0.2) is 12.2 Å². The molecule has 0 aliphatic heterocycles. The van der Waals surface area contributed by atoms with E-state index in [0.29, 0.717) is 0 Å². The summed E-state index contributed by atoms with van der Waals surface area (Å²) in [5, 5.41) is 0. The molecule has 0 saturated carbocycles. The molecule has 0 amide bonds. The molecule has 25 heavy (non-hydrogen) atoms. The van der Waals surface area contributed by atoms with Gasteiger partial charge in [-0.05, 0) is 34.1 Å². The van der Waals surface area contributed by atoms with Crippen LogP contribution in [0.3, 0.4) is 0 Å². The third-order valence-electron chi connectivity index (χ3n) is 2.77. The molecule has 0 saturated heterocycles. The van der Waals surface area contributed by atoms with Crippen LogP contribution < -0.4 is 0 Å². The van der Waals surface area contributed by atoms with Crippen LogP contribution in [-0.2, 0) is 47.7 Å². The van der Waals surface area contributed by atoms with Crippen molar-refractivity contribution in [2.45, 2.75) is 57.8 Å². The van der Waals surface area contributed by atoms with Gasteiger partial charge in [0, 0.05) is 0 Å². The van der Waals surface area contributed by atoms with Crippen LogP contribution in [0, 0.1) is 0 Å². The Morgan fingerprint density at radius 2 is 1.08 bits per heavy atom. The third kappa shape index (κ3) is 7.26.